The van der Waals surface area contributed by atoms with Crippen LogP contribution in [0, 0.1) is 5.92 Å². The van der Waals surface area contributed by atoms with Gasteiger partial charge < -0.3 is 10.1 Å². The molecule has 1 saturated heterocycles. The summed E-state index contributed by atoms with van der Waals surface area (Å²) in [6, 6.07) is 19.3. The van der Waals surface area contributed by atoms with E-state index in [0.717, 1.165) is 18.8 Å². The average molecular weight is 281 g/mol. The van der Waals surface area contributed by atoms with E-state index in [-0.39, 0.29) is 0 Å². The minimum atomic E-state index is 0.421. The molecule has 2 aromatic carbocycles. The Morgan fingerprint density at radius 2 is 1.62 bits per heavy atom. The lowest BCUT2D eigenvalue weighted by Crippen LogP contribution is -2.31. The van der Waals surface area contributed by atoms with E-state index in [1.165, 1.54) is 24.0 Å². The molecule has 1 aliphatic heterocycles. The highest BCUT2D eigenvalue weighted by Crippen LogP contribution is 2.40. The maximum atomic E-state index is 5.62. The summed E-state index contributed by atoms with van der Waals surface area (Å²) in [5.41, 5.74) is 2.71. The van der Waals surface area contributed by atoms with Crippen molar-refractivity contribution >= 4 is 0 Å². The number of hydrogen-bond donors (Lipinski definition) is 1. The van der Waals surface area contributed by atoms with Crippen molar-refractivity contribution in [3.63, 3.8) is 0 Å². The molecule has 0 bridgehead atoms. The predicted molar refractivity (Wildman–Crippen MR) is 86.9 cm³/mol. The van der Waals surface area contributed by atoms with Gasteiger partial charge in [0.25, 0.3) is 0 Å². The second-order valence-corrected chi connectivity index (χ2v) is 5.72. The van der Waals surface area contributed by atoms with E-state index in [1.807, 2.05) is 6.07 Å². The first-order valence-corrected chi connectivity index (χ1v) is 7.78. The average Bonchev–Trinajstić information content (AvgIpc) is 2.58. The van der Waals surface area contributed by atoms with Gasteiger partial charge in [-0.1, -0.05) is 48.5 Å². The third-order valence-corrected chi connectivity index (χ3v) is 4.49. The van der Waals surface area contributed by atoms with Gasteiger partial charge in [0.2, 0.25) is 0 Å². The SMILES string of the molecule is COc1ccccc1C(c1ccccc1)C1CCNCC1. The number of nitrogens with one attached hydrogen (secondary N) is 1. The molecule has 2 heteroatoms. The van der Waals surface area contributed by atoms with Crippen molar-refractivity contribution in [1.29, 1.82) is 0 Å². The lowest BCUT2D eigenvalue weighted by atomic mass is 9.76. The maximum Gasteiger partial charge on any atom is 0.122 e. The molecule has 0 saturated carbocycles. The van der Waals surface area contributed by atoms with Gasteiger partial charge in [-0.15, -0.1) is 0 Å². The van der Waals surface area contributed by atoms with Crippen LogP contribution in [0.1, 0.15) is 29.9 Å². The Bertz CT molecular complexity index is 561. The second kappa shape index (κ2) is 6.77. The fourth-order valence-corrected chi connectivity index (χ4v) is 3.47. The maximum absolute atomic E-state index is 5.62. The zero-order valence-corrected chi connectivity index (χ0v) is 12.6. The predicted octanol–water partition coefficient (Wildman–Crippen LogP) is 3.83. The minimum absolute atomic E-state index is 0.421. The van der Waals surface area contributed by atoms with Gasteiger partial charge in [0, 0.05) is 11.5 Å². The van der Waals surface area contributed by atoms with Crippen molar-refractivity contribution in [3.05, 3.63) is 65.7 Å². The van der Waals surface area contributed by atoms with Crippen LogP contribution in [-0.2, 0) is 0 Å². The molecular weight excluding hydrogens is 258 g/mol. The molecule has 0 amide bonds. The van der Waals surface area contributed by atoms with Gasteiger partial charge in [-0.3, -0.25) is 0 Å². The molecule has 1 aliphatic rings. The Morgan fingerprint density at radius 3 is 2.33 bits per heavy atom. The molecule has 0 spiro atoms. The van der Waals surface area contributed by atoms with Crippen molar-refractivity contribution in [2.24, 2.45) is 5.92 Å². The Labute approximate surface area is 127 Å². The molecular formula is C19H23NO. The number of para-hydroxylation sites is 1. The first kappa shape index (κ1) is 14.2. The lowest BCUT2D eigenvalue weighted by Gasteiger charge is -2.32. The molecule has 1 fully saturated rings. The number of ether oxygens (including phenoxy) is 1. The number of benzene rings is 2. The third kappa shape index (κ3) is 3.11. The zero-order valence-electron chi connectivity index (χ0n) is 12.6. The van der Waals surface area contributed by atoms with Crippen LogP contribution >= 0.6 is 0 Å². The molecule has 1 N–H and O–H groups in total. The van der Waals surface area contributed by atoms with Gasteiger partial charge in [-0.05, 0) is 43.5 Å². The van der Waals surface area contributed by atoms with Crippen LogP contribution in [0.4, 0.5) is 0 Å². The molecule has 3 rings (SSSR count). The van der Waals surface area contributed by atoms with E-state index >= 15 is 0 Å². The molecule has 0 aromatic heterocycles. The van der Waals surface area contributed by atoms with Gasteiger partial charge in [-0.2, -0.15) is 0 Å². The van der Waals surface area contributed by atoms with E-state index in [1.54, 1.807) is 7.11 Å². The highest BCUT2D eigenvalue weighted by atomic mass is 16.5. The van der Waals surface area contributed by atoms with E-state index in [2.05, 4.69) is 53.8 Å². The van der Waals surface area contributed by atoms with Crippen LogP contribution < -0.4 is 10.1 Å². The van der Waals surface area contributed by atoms with Gasteiger partial charge >= 0.3 is 0 Å². The van der Waals surface area contributed by atoms with Gasteiger partial charge in [-0.25, -0.2) is 0 Å². The van der Waals surface area contributed by atoms with Gasteiger partial charge in [0.05, 0.1) is 7.11 Å². The van der Waals surface area contributed by atoms with E-state index in [4.69, 9.17) is 4.74 Å². The van der Waals surface area contributed by atoms with Crippen LogP contribution in [0.3, 0.4) is 0 Å². The summed E-state index contributed by atoms with van der Waals surface area (Å²) in [4.78, 5) is 0. The molecule has 2 nitrogen and oxygen atoms in total. The zero-order chi connectivity index (χ0) is 14.5. The largest absolute Gasteiger partial charge is 0.496 e. The summed E-state index contributed by atoms with van der Waals surface area (Å²) in [6.07, 6.45) is 2.44. The summed E-state index contributed by atoms with van der Waals surface area (Å²) in [5, 5.41) is 3.47. The Morgan fingerprint density at radius 1 is 0.952 bits per heavy atom. The Kier molecular flexibility index (Phi) is 4.56. The second-order valence-electron chi connectivity index (χ2n) is 5.72. The first-order valence-electron chi connectivity index (χ1n) is 7.78. The van der Waals surface area contributed by atoms with Crippen LogP contribution in [0.5, 0.6) is 5.75 Å². The number of methoxy groups -OCH3 is 1. The van der Waals surface area contributed by atoms with Crippen molar-refractivity contribution in [2.75, 3.05) is 20.2 Å². The van der Waals surface area contributed by atoms with E-state index in [9.17, 15) is 0 Å². The molecule has 0 aliphatic carbocycles. The molecule has 2 aromatic rings. The molecule has 110 valence electrons. The topological polar surface area (TPSA) is 21.3 Å². The van der Waals surface area contributed by atoms with Crippen molar-refractivity contribution in [3.8, 4) is 5.75 Å². The van der Waals surface area contributed by atoms with Gasteiger partial charge in [0.1, 0.15) is 5.75 Å². The summed E-state index contributed by atoms with van der Waals surface area (Å²) in [6.45, 7) is 2.23. The molecule has 1 atom stereocenters. The summed E-state index contributed by atoms with van der Waals surface area (Å²) in [7, 11) is 1.77. The molecule has 0 radical (unpaired) electrons. The number of rotatable bonds is 4. The van der Waals surface area contributed by atoms with E-state index in [0.29, 0.717) is 11.8 Å². The normalized spacial score (nSPS) is 17.4. The molecule has 21 heavy (non-hydrogen) atoms. The van der Waals surface area contributed by atoms with Crippen LogP contribution in [-0.4, -0.2) is 20.2 Å². The van der Waals surface area contributed by atoms with Crippen molar-refractivity contribution < 1.29 is 4.74 Å². The van der Waals surface area contributed by atoms with Crippen molar-refractivity contribution in [1.82, 2.24) is 5.32 Å². The Balaban J connectivity index is 2.03. The number of hydrogen-bond acceptors (Lipinski definition) is 2. The summed E-state index contributed by atoms with van der Waals surface area (Å²) >= 11 is 0. The smallest absolute Gasteiger partial charge is 0.122 e. The summed E-state index contributed by atoms with van der Waals surface area (Å²) in [5.74, 6) is 2.10. The molecule has 1 heterocycles. The Hall–Kier alpha value is -1.80. The standard InChI is InChI=1S/C19H23NO/c1-21-18-10-6-5-9-17(18)19(15-7-3-2-4-8-15)16-11-13-20-14-12-16/h2-10,16,19-20H,11-14H2,1H3. The lowest BCUT2D eigenvalue weighted by molar-refractivity contribution is 0.333. The van der Waals surface area contributed by atoms with Crippen LogP contribution in [0.15, 0.2) is 54.6 Å². The van der Waals surface area contributed by atoms with E-state index < -0.39 is 0 Å². The third-order valence-electron chi connectivity index (χ3n) is 4.49. The monoisotopic (exact) mass is 281 g/mol. The van der Waals surface area contributed by atoms with Crippen molar-refractivity contribution in [2.45, 2.75) is 18.8 Å². The fraction of sp³-hybridized carbons (Fsp3) is 0.368. The fourth-order valence-electron chi connectivity index (χ4n) is 3.47. The summed E-state index contributed by atoms with van der Waals surface area (Å²) < 4.78 is 5.62. The quantitative estimate of drug-likeness (QED) is 0.919. The van der Waals surface area contributed by atoms with Crippen LogP contribution in [0.25, 0.3) is 0 Å². The molecule has 1 unspecified atom stereocenters. The minimum Gasteiger partial charge on any atom is -0.496 e. The first-order chi connectivity index (χ1) is 10.4. The number of piperidine rings is 1. The highest BCUT2D eigenvalue weighted by molar-refractivity contribution is 5.42. The van der Waals surface area contributed by atoms with Crippen LogP contribution in [0.2, 0.25) is 0 Å². The van der Waals surface area contributed by atoms with Gasteiger partial charge in [0.15, 0.2) is 0 Å². The highest BCUT2D eigenvalue weighted by Gasteiger charge is 2.28.